The Kier molecular flexibility index (Phi) is 6.68. The molecule has 0 aliphatic heterocycles. The fraction of sp³-hybridized carbons (Fsp3) is 0.0417. The predicted molar refractivity (Wildman–Crippen MR) is 128 cm³/mol. The fourth-order valence-electron chi connectivity index (χ4n) is 3.41. The fourth-order valence-corrected chi connectivity index (χ4v) is 3.41. The second kappa shape index (κ2) is 10.2. The van der Waals surface area contributed by atoms with E-state index in [0.29, 0.717) is 10.9 Å². The molecule has 4 rings (SSSR count). The van der Waals surface area contributed by atoms with Crippen LogP contribution in [0.1, 0.15) is 27.7 Å². The number of carbonyl (C=O) groups is 2. The van der Waals surface area contributed by atoms with Crippen LogP contribution in [0.5, 0.6) is 0 Å². The molecule has 11 heteroatoms. The Morgan fingerprint density at radius 1 is 0.971 bits per heavy atom. The number of rotatable bonds is 7. The van der Waals surface area contributed by atoms with Gasteiger partial charge in [-0.3, -0.25) is 24.5 Å². The van der Waals surface area contributed by atoms with Crippen LogP contribution in [-0.4, -0.2) is 33.1 Å². The van der Waals surface area contributed by atoms with Crippen LogP contribution < -0.4 is 16.3 Å². The van der Waals surface area contributed by atoms with Gasteiger partial charge >= 0.3 is 0 Å². The number of nitrogens with zero attached hydrogens (tertiary/aromatic N) is 3. The number of hydrogen-bond donors (Lipinski definition) is 3. The zero-order valence-electron chi connectivity index (χ0n) is 18.0. The highest BCUT2D eigenvalue weighted by molar-refractivity contribution is 5.99. The van der Waals surface area contributed by atoms with Gasteiger partial charge < -0.3 is 5.32 Å². The first-order chi connectivity index (χ1) is 17.0. The summed E-state index contributed by atoms with van der Waals surface area (Å²) in [6.07, 6.45) is 1.13. The lowest BCUT2D eigenvalue weighted by molar-refractivity contribution is -0.385. The van der Waals surface area contributed by atoms with E-state index in [2.05, 4.69) is 26.0 Å². The van der Waals surface area contributed by atoms with Gasteiger partial charge in [0.25, 0.3) is 23.1 Å². The van der Waals surface area contributed by atoms with Gasteiger partial charge in [-0.25, -0.2) is 10.5 Å². The molecular weight excluding hydrogens is 452 g/mol. The Morgan fingerprint density at radius 3 is 2.37 bits per heavy atom. The maximum atomic E-state index is 13.1. The van der Waals surface area contributed by atoms with Crippen LogP contribution in [0.15, 0.2) is 88.8 Å². The number of benzene rings is 3. The average molecular weight is 470 g/mol. The molecular formula is C24H18N6O5. The van der Waals surface area contributed by atoms with Crippen LogP contribution in [0.25, 0.3) is 10.8 Å². The molecule has 0 radical (unpaired) electrons. The third-order valence-electron chi connectivity index (χ3n) is 5.08. The predicted octanol–water partition coefficient (Wildman–Crippen LogP) is 2.45. The van der Waals surface area contributed by atoms with Crippen molar-refractivity contribution < 1.29 is 14.5 Å². The molecule has 3 N–H and O–H groups in total. The standard InChI is InChI=1S/C24H18N6O5/c31-22(15-8-2-1-3-9-15)26-21(20-17-11-5-6-12-18(17)23(32)29-27-20)24(33)28-25-14-16-10-4-7-13-19(16)30(34)35/h1-14,21H,(H,26,31)(H,28,33)(H,29,32). The van der Waals surface area contributed by atoms with Crippen molar-refractivity contribution in [1.82, 2.24) is 20.9 Å². The van der Waals surface area contributed by atoms with Crippen LogP contribution in [0.3, 0.4) is 0 Å². The molecule has 4 aromatic rings. The van der Waals surface area contributed by atoms with Gasteiger partial charge in [0.2, 0.25) is 0 Å². The van der Waals surface area contributed by atoms with Gasteiger partial charge in [-0.15, -0.1) is 0 Å². The zero-order chi connectivity index (χ0) is 24.8. The van der Waals surface area contributed by atoms with E-state index in [1.54, 1.807) is 60.7 Å². The molecule has 0 fully saturated rings. The molecule has 2 amide bonds. The molecule has 35 heavy (non-hydrogen) atoms. The number of hydrogen-bond acceptors (Lipinski definition) is 7. The highest BCUT2D eigenvalue weighted by Gasteiger charge is 2.27. The molecule has 3 aromatic carbocycles. The van der Waals surface area contributed by atoms with Gasteiger partial charge in [-0.1, -0.05) is 48.5 Å². The molecule has 1 heterocycles. The summed E-state index contributed by atoms with van der Waals surface area (Å²) in [7, 11) is 0. The van der Waals surface area contributed by atoms with E-state index < -0.39 is 28.3 Å². The molecule has 0 bridgehead atoms. The van der Waals surface area contributed by atoms with Crippen molar-refractivity contribution in [3.8, 4) is 0 Å². The number of aromatic amines is 1. The van der Waals surface area contributed by atoms with E-state index in [-0.39, 0.29) is 22.3 Å². The maximum absolute atomic E-state index is 13.1. The SMILES string of the molecule is O=C(NC(C(=O)NN=Cc1ccccc1[N+](=O)[O-])c1n[nH]c(=O)c2ccccc12)c1ccccc1. The number of H-pyrrole nitrogens is 1. The number of aromatic nitrogens is 2. The number of amides is 2. The molecule has 0 aliphatic carbocycles. The first kappa shape index (κ1) is 23.0. The summed E-state index contributed by atoms with van der Waals surface area (Å²) in [4.78, 5) is 48.8. The quantitative estimate of drug-likeness (QED) is 0.214. The van der Waals surface area contributed by atoms with Crippen LogP contribution in [0.2, 0.25) is 0 Å². The maximum Gasteiger partial charge on any atom is 0.278 e. The van der Waals surface area contributed by atoms with Crippen molar-refractivity contribution in [2.75, 3.05) is 0 Å². The summed E-state index contributed by atoms with van der Waals surface area (Å²) in [5, 5.41) is 24.7. The molecule has 174 valence electrons. The van der Waals surface area contributed by atoms with Crippen LogP contribution >= 0.6 is 0 Å². The van der Waals surface area contributed by atoms with Crippen LogP contribution in [0, 0.1) is 10.1 Å². The second-order valence-corrected chi connectivity index (χ2v) is 7.31. The van der Waals surface area contributed by atoms with E-state index in [0.717, 1.165) is 6.21 Å². The Balaban J connectivity index is 1.68. The highest BCUT2D eigenvalue weighted by Crippen LogP contribution is 2.21. The summed E-state index contributed by atoms with van der Waals surface area (Å²) in [5.74, 6) is -1.32. The van der Waals surface area contributed by atoms with E-state index in [1.165, 1.54) is 18.2 Å². The number of carbonyl (C=O) groups excluding carboxylic acids is 2. The minimum absolute atomic E-state index is 0.0999. The third-order valence-corrected chi connectivity index (χ3v) is 5.08. The number of nitro benzene ring substituents is 1. The number of hydrazone groups is 1. The minimum Gasteiger partial charge on any atom is -0.335 e. The number of fused-ring (bicyclic) bond motifs is 1. The summed E-state index contributed by atoms with van der Waals surface area (Å²) in [5.41, 5.74) is 2.24. The molecule has 0 aliphatic rings. The molecule has 0 saturated carbocycles. The average Bonchev–Trinajstić information content (AvgIpc) is 2.88. The number of nitro groups is 1. The Hall–Kier alpha value is -5.19. The lowest BCUT2D eigenvalue weighted by Crippen LogP contribution is -2.40. The lowest BCUT2D eigenvalue weighted by Gasteiger charge is -2.18. The van der Waals surface area contributed by atoms with Gasteiger partial charge in [0.05, 0.1) is 22.1 Å². The van der Waals surface area contributed by atoms with Crippen molar-refractivity contribution in [1.29, 1.82) is 0 Å². The van der Waals surface area contributed by atoms with Crippen molar-refractivity contribution in [3.05, 3.63) is 116 Å². The summed E-state index contributed by atoms with van der Waals surface area (Å²) >= 11 is 0. The van der Waals surface area contributed by atoms with E-state index >= 15 is 0 Å². The summed E-state index contributed by atoms with van der Waals surface area (Å²) in [6, 6.07) is 19.3. The molecule has 1 aromatic heterocycles. The molecule has 11 nitrogen and oxygen atoms in total. The van der Waals surface area contributed by atoms with E-state index in [4.69, 9.17) is 0 Å². The Bertz CT molecular complexity index is 1500. The third kappa shape index (κ3) is 5.09. The smallest absolute Gasteiger partial charge is 0.278 e. The topological polar surface area (TPSA) is 159 Å². The van der Waals surface area contributed by atoms with Gasteiger partial charge in [-0.05, 0) is 24.3 Å². The molecule has 0 saturated heterocycles. The van der Waals surface area contributed by atoms with Gasteiger partial charge in [0, 0.05) is 17.0 Å². The normalized spacial score (nSPS) is 11.8. The van der Waals surface area contributed by atoms with E-state index in [1.807, 2.05) is 0 Å². The van der Waals surface area contributed by atoms with Crippen molar-refractivity contribution in [2.45, 2.75) is 6.04 Å². The van der Waals surface area contributed by atoms with Gasteiger partial charge in [0.1, 0.15) is 5.69 Å². The zero-order valence-corrected chi connectivity index (χ0v) is 18.0. The lowest BCUT2D eigenvalue weighted by atomic mass is 10.0. The van der Waals surface area contributed by atoms with E-state index in [9.17, 15) is 24.5 Å². The monoisotopic (exact) mass is 470 g/mol. The number of nitrogens with one attached hydrogen (secondary N) is 3. The van der Waals surface area contributed by atoms with Crippen molar-refractivity contribution in [2.24, 2.45) is 5.10 Å². The van der Waals surface area contributed by atoms with Crippen molar-refractivity contribution in [3.63, 3.8) is 0 Å². The number of para-hydroxylation sites is 1. The van der Waals surface area contributed by atoms with Gasteiger partial charge in [-0.2, -0.15) is 10.2 Å². The highest BCUT2D eigenvalue weighted by atomic mass is 16.6. The minimum atomic E-state index is -1.34. The second-order valence-electron chi connectivity index (χ2n) is 7.31. The largest absolute Gasteiger partial charge is 0.335 e. The van der Waals surface area contributed by atoms with Crippen molar-refractivity contribution >= 4 is 34.5 Å². The van der Waals surface area contributed by atoms with Crippen LogP contribution in [0.4, 0.5) is 5.69 Å². The molecule has 0 spiro atoms. The summed E-state index contributed by atoms with van der Waals surface area (Å²) in [6.45, 7) is 0. The van der Waals surface area contributed by atoms with Gasteiger partial charge in [0.15, 0.2) is 6.04 Å². The van der Waals surface area contributed by atoms with Crippen LogP contribution in [-0.2, 0) is 4.79 Å². The summed E-state index contributed by atoms with van der Waals surface area (Å²) < 4.78 is 0. The molecule has 1 atom stereocenters. The first-order valence-electron chi connectivity index (χ1n) is 10.4. The first-order valence-corrected chi connectivity index (χ1v) is 10.4. The molecule has 1 unspecified atom stereocenters. The Labute approximate surface area is 197 Å². The Morgan fingerprint density at radius 2 is 1.63 bits per heavy atom.